The number of piperidine rings is 1. The fourth-order valence-electron chi connectivity index (χ4n) is 4.03. The molecule has 0 radical (unpaired) electrons. The lowest BCUT2D eigenvalue weighted by Gasteiger charge is -2.31. The highest BCUT2D eigenvalue weighted by molar-refractivity contribution is 6.42. The lowest BCUT2D eigenvalue weighted by Crippen LogP contribution is -2.38. The minimum Gasteiger partial charge on any atom is -0.461 e. The van der Waals surface area contributed by atoms with Crippen molar-refractivity contribution >= 4 is 35.0 Å². The van der Waals surface area contributed by atoms with Crippen LogP contribution in [0.15, 0.2) is 40.8 Å². The van der Waals surface area contributed by atoms with Gasteiger partial charge in [-0.3, -0.25) is 14.7 Å². The molecule has 0 atom stereocenters. The Morgan fingerprint density at radius 2 is 1.94 bits per heavy atom. The first kappa shape index (κ1) is 24.3. The van der Waals surface area contributed by atoms with E-state index in [4.69, 9.17) is 32.7 Å². The zero-order valence-corrected chi connectivity index (χ0v) is 20.0. The lowest BCUT2D eigenvalue weighted by atomic mass is 9.94. The van der Waals surface area contributed by atoms with E-state index in [0.29, 0.717) is 53.5 Å². The number of carbonyl (C=O) groups is 2. The van der Waals surface area contributed by atoms with E-state index in [1.807, 2.05) is 18.2 Å². The Morgan fingerprint density at radius 3 is 2.68 bits per heavy atom. The summed E-state index contributed by atoms with van der Waals surface area (Å²) in [6, 6.07) is 10.4. The summed E-state index contributed by atoms with van der Waals surface area (Å²) in [5.74, 6) is 1.29. The molecule has 1 aliphatic rings. The maximum Gasteiger partial charge on any atom is 0.274 e. The van der Waals surface area contributed by atoms with Crippen LogP contribution < -0.4 is 5.32 Å². The van der Waals surface area contributed by atoms with E-state index >= 15 is 0 Å². The Morgan fingerprint density at radius 1 is 1.15 bits per heavy atom. The zero-order chi connectivity index (χ0) is 24.1. The van der Waals surface area contributed by atoms with Crippen LogP contribution >= 0.6 is 23.2 Å². The molecule has 180 valence electrons. The summed E-state index contributed by atoms with van der Waals surface area (Å²) >= 11 is 12.0. The number of rotatable bonds is 8. The average molecular weight is 505 g/mol. The van der Waals surface area contributed by atoms with Gasteiger partial charge in [-0.2, -0.15) is 5.10 Å². The van der Waals surface area contributed by atoms with Gasteiger partial charge >= 0.3 is 0 Å². The molecule has 1 aromatic carbocycles. The van der Waals surface area contributed by atoms with Gasteiger partial charge in [-0.05, 0) is 55.5 Å². The Labute approximate surface area is 207 Å². The van der Waals surface area contributed by atoms with E-state index in [1.54, 1.807) is 17.0 Å². The van der Waals surface area contributed by atoms with E-state index in [2.05, 4.69) is 15.5 Å². The van der Waals surface area contributed by atoms with Crippen molar-refractivity contribution < 1.29 is 19.1 Å². The molecule has 0 bridgehead atoms. The Hall–Kier alpha value is -2.81. The third-order valence-corrected chi connectivity index (χ3v) is 6.74. The van der Waals surface area contributed by atoms with Gasteiger partial charge in [0.1, 0.15) is 17.2 Å². The standard InChI is InChI=1S/C24H26Cl2N4O4/c25-18-3-1-16(13-19(18)26)22-4-2-17(34-22)5-9-27-23(32)20-14-21(29-28-20)24(33)30-10-6-15(7-11-30)8-12-31/h1-4,13-15,31H,5-12H2,(H,27,32)(H,28,29). The van der Waals surface area contributed by atoms with Crippen LogP contribution in [-0.4, -0.2) is 58.3 Å². The number of amides is 2. The Kier molecular flexibility index (Phi) is 7.92. The molecule has 1 aliphatic heterocycles. The number of furan rings is 1. The first-order valence-electron chi connectivity index (χ1n) is 11.2. The van der Waals surface area contributed by atoms with Crippen LogP contribution in [0.1, 0.15) is 46.0 Å². The molecule has 10 heteroatoms. The van der Waals surface area contributed by atoms with Crippen LogP contribution in [0.25, 0.3) is 11.3 Å². The van der Waals surface area contributed by atoms with Gasteiger partial charge in [0, 0.05) is 44.3 Å². The molecule has 0 spiro atoms. The quantitative estimate of drug-likeness (QED) is 0.425. The number of nitrogens with zero attached hydrogens (tertiary/aromatic N) is 2. The summed E-state index contributed by atoms with van der Waals surface area (Å²) in [6.45, 7) is 1.79. The van der Waals surface area contributed by atoms with Gasteiger partial charge in [0.15, 0.2) is 5.69 Å². The second kappa shape index (κ2) is 11.1. The first-order valence-corrected chi connectivity index (χ1v) is 12.0. The van der Waals surface area contributed by atoms with E-state index in [-0.39, 0.29) is 29.8 Å². The van der Waals surface area contributed by atoms with Gasteiger partial charge in [-0.15, -0.1) is 0 Å². The number of benzene rings is 1. The molecule has 1 saturated heterocycles. The fourth-order valence-corrected chi connectivity index (χ4v) is 4.33. The summed E-state index contributed by atoms with van der Waals surface area (Å²) in [5, 5.41) is 19.5. The summed E-state index contributed by atoms with van der Waals surface area (Å²) in [7, 11) is 0. The van der Waals surface area contributed by atoms with Crippen molar-refractivity contribution in [2.24, 2.45) is 5.92 Å². The largest absolute Gasteiger partial charge is 0.461 e. The van der Waals surface area contributed by atoms with Crippen LogP contribution in [0.5, 0.6) is 0 Å². The van der Waals surface area contributed by atoms with Gasteiger partial charge in [-0.25, -0.2) is 0 Å². The second-order valence-electron chi connectivity index (χ2n) is 8.32. The van der Waals surface area contributed by atoms with Crippen molar-refractivity contribution in [3.63, 3.8) is 0 Å². The number of aliphatic hydroxyl groups excluding tert-OH is 1. The van der Waals surface area contributed by atoms with Crippen LogP contribution in [0.2, 0.25) is 10.0 Å². The normalized spacial score (nSPS) is 14.4. The highest BCUT2D eigenvalue weighted by Crippen LogP contribution is 2.29. The van der Waals surface area contributed by atoms with Crippen LogP contribution in [-0.2, 0) is 6.42 Å². The third-order valence-electron chi connectivity index (χ3n) is 6.00. The third kappa shape index (κ3) is 5.81. The Balaban J connectivity index is 1.26. The molecule has 0 aliphatic carbocycles. The van der Waals surface area contributed by atoms with E-state index in [9.17, 15) is 9.59 Å². The molecule has 1 fully saturated rings. The average Bonchev–Trinajstić information content (AvgIpc) is 3.51. The molecule has 3 N–H and O–H groups in total. The predicted octanol–water partition coefficient (Wildman–Crippen LogP) is 4.18. The van der Waals surface area contributed by atoms with Crippen LogP contribution in [0.3, 0.4) is 0 Å². The number of halogens is 2. The van der Waals surface area contributed by atoms with Crippen molar-refractivity contribution in [1.29, 1.82) is 0 Å². The smallest absolute Gasteiger partial charge is 0.274 e. The maximum atomic E-state index is 12.7. The number of aromatic nitrogens is 2. The monoisotopic (exact) mass is 504 g/mol. The van der Waals surface area contributed by atoms with Gasteiger partial charge in [0.05, 0.1) is 10.0 Å². The second-order valence-corrected chi connectivity index (χ2v) is 9.13. The minimum absolute atomic E-state index is 0.175. The van der Waals surface area contributed by atoms with E-state index in [0.717, 1.165) is 24.8 Å². The summed E-state index contributed by atoms with van der Waals surface area (Å²) < 4.78 is 5.84. The van der Waals surface area contributed by atoms with E-state index in [1.165, 1.54) is 6.07 Å². The minimum atomic E-state index is -0.343. The van der Waals surface area contributed by atoms with E-state index < -0.39 is 0 Å². The van der Waals surface area contributed by atoms with Crippen LogP contribution in [0, 0.1) is 5.92 Å². The molecule has 8 nitrogen and oxygen atoms in total. The summed E-state index contributed by atoms with van der Waals surface area (Å²) in [5.41, 5.74) is 1.27. The summed E-state index contributed by atoms with van der Waals surface area (Å²) in [6.07, 6.45) is 2.99. The first-order chi connectivity index (χ1) is 16.4. The molecule has 0 saturated carbocycles. The van der Waals surface area contributed by atoms with Crippen molar-refractivity contribution in [1.82, 2.24) is 20.4 Å². The summed E-state index contributed by atoms with van der Waals surface area (Å²) in [4.78, 5) is 26.9. The SMILES string of the molecule is O=C(NCCc1ccc(-c2ccc(Cl)c(Cl)c2)o1)c1cc(C(=O)N2CCC(CCO)CC2)n[nH]1. The molecule has 3 aromatic rings. The van der Waals surface area contributed by atoms with Crippen molar-refractivity contribution in [3.05, 3.63) is 63.6 Å². The number of hydrogen-bond donors (Lipinski definition) is 3. The van der Waals surface area contributed by atoms with Gasteiger partial charge < -0.3 is 19.7 Å². The molecule has 0 unspecified atom stereocenters. The van der Waals surface area contributed by atoms with Crippen LogP contribution in [0.4, 0.5) is 0 Å². The van der Waals surface area contributed by atoms with Gasteiger partial charge in [0.25, 0.3) is 11.8 Å². The fraction of sp³-hybridized carbons (Fsp3) is 0.375. The molecule has 2 amide bonds. The molecular weight excluding hydrogens is 479 g/mol. The molecule has 2 aromatic heterocycles. The number of hydrogen-bond acceptors (Lipinski definition) is 5. The number of aromatic amines is 1. The maximum absolute atomic E-state index is 12.7. The number of carbonyl (C=O) groups excluding carboxylic acids is 2. The number of aliphatic hydroxyl groups is 1. The number of nitrogens with one attached hydrogen (secondary N) is 2. The molecule has 4 rings (SSSR count). The van der Waals surface area contributed by atoms with Crippen molar-refractivity contribution in [3.8, 4) is 11.3 Å². The number of likely N-dealkylation sites (tertiary alicyclic amines) is 1. The number of H-pyrrole nitrogens is 1. The van der Waals surface area contributed by atoms with Crippen molar-refractivity contribution in [2.45, 2.75) is 25.7 Å². The van der Waals surface area contributed by atoms with Crippen molar-refractivity contribution in [2.75, 3.05) is 26.2 Å². The van der Waals surface area contributed by atoms with Gasteiger partial charge in [0.2, 0.25) is 0 Å². The zero-order valence-electron chi connectivity index (χ0n) is 18.5. The predicted molar refractivity (Wildman–Crippen MR) is 129 cm³/mol. The molecule has 34 heavy (non-hydrogen) atoms. The Bertz CT molecular complexity index is 1150. The highest BCUT2D eigenvalue weighted by Gasteiger charge is 2.25. The molecule has 3 heterocycles. The lowest BCUT2D eigenvalue weighted by molar-refractivity contribution is 0.0672. The van der Waals surface area contributed by atoms with Gasteiger partial charge in [-0.1, -0.05) is 23.2 Å². The molecular formula is C24H26Cl2N4O4. The topological polar surface area (TPSA) is 111 Å². The highest BCUT2D eigenvalue weighted by atomic mass is 35.5.